The normalized spacial score (nSPS) is 28.4. The van der Waals surface area contributed by atoms with Gasteiger partial charge >= 0.3 is 0 Å². The number of aliphatic hydroxyl groups is 1. The standard InChI is InChI=1S/C11H23NO3/c1-8(13)9(2)15-11(6-12)10-4-3-5-14-7-10/h8-11,13H,3-7,12H2,1-2H3. The van der Waals surface area contributed by atoms with Crippen molar-refractivity contribution in [3.05, 3.63) is 0 Å². The zero-order valence-corrected chi connectivity index (χ0v) is 9.69. The fourth-order valence-electron chi connectivity index (χ4n) is 1.81. The molecule has 0 radical (unpaired) electrons. The molecule has 1 saturated heterocycles. The monoisotopic (exact) mass is 217 g/mol. The molecule has 4 atom stereocenters. The summed E-state index contributed by atoms with van der Waals surface area (Å²) in [6, 6.07) is 0. The Morgan fingerprint density at radius 3 is 2.73 bits per heavy atom. The molecule has 1 aliphatic heterocycles. The zero-order valence-electron chi connectivity index (χ0n) is 9.69. The SMILES string of the molecule is CC(O)C(C)OC(CN)C1CCCOC1. The lowest BCUT2D eigenvalue weighted by Gasteiger charge is -2.32. The van der Waals surface area contributed by atoms with E-state index in [2.05, 4.69) is 0 Å². The van der Waals surface area contributed by atoms with Crippen LogP contribution in [0.15, 0.2) is 0 Å². The number of aliphatic hydroxyl groups excluding tert-OH is 1. The fourth-order valence-corrected chi connectivity index (χ4v) is 1.81. The Hall–Kier alpha value is -0.160. The van der Waals surface area contributed by atoms with Crippen molar-refractivity contribution < 1.29 is 14.6 Å². The zero-order chi connectivity index (χ0) is 11.3. The van der Waals surface area contributed by atoms with Crippen molar-refractivity contribution in [3.63, 3.8) is 0 Å². The number of hydrogen-bond acceptors (Lipinski definition) is 4. The van der Waals surface area contributed by atoms with Crippen molar-refractivity contribution in [2.45, 2.75) is 45.0 Å². The van der Waals surface area contributed by atoms with E-state index in [4.69, 9.17) is 15.2 Å². The highest BCUT2D eigenvalue weighted by molar-refractivity contribution is 4.75. The van der Waals surface area contributed by atoms with E-state index in [-0.39, 0.29) is 12.2 Å². The van der Waals surface area contributed by atoms with Crippen molar-refractivity contribution in [1.82, 2.24) is 0 Å². The molecular formula is C11H23NO3. The molecule has 1 rings (SSSR count). The minimum atomic E-state index is -0.455. The van der Waals surface area contributed by atoms with Crippen LogP contribution in [0.5, 0.6) is 0 Å². The molecule has 15 heavy (non-hydrogen) atoms. The van der Waals surface area contributed by atoms with Crippen LogP contribution in [0.3, 0.4) is 0 Å². The van der Waals surface area contributed by atoms with Crippen LogP contribution >= 0.6 is 0 Å². The molecule has 0 saturated carbocycles. The molecule has 1 aliphatic rings. The first-order valence-electron chi connectivity index (χ1n) is 5.76. The number of hydrogen-bond donors (Lipinski definition) is 2. The summed E-state index contributed by atoms with van der Waals surface area (Å²) in [5.74, 6) is 0.380. The second-order valence-electron chi connectivity index (χ2n) is 4.33. The van der Waals surface area contributed by atoms with Gasteiger partial charge in [0, 0.05) is 19.1 Å². The summed E-state index contributed by atoms with van der Waals surface area (Å²) in [6.45, 7) is 5.67. The molecule has 0 amide bonds. The van der Waals surface area contributed by atoms with Gasteiger partial charge in [0.2, 0.25) is 0 Å². The van der Waals surface area contributed by atoms with E-state index in [0.29, 0.717) is 12.5 Å². The molecule has 0 spiro atoms. The van der Waals surface area contributed by atoms with E-state index in [9.17, 15) is 5.11 Å². The summed E-state index contributed by atoms with van der Waals surface area (Å²) < 4.78 is 11.2. The summed E-state index contributed by atoms with van der Waals surface area (Å²) in [6.07, 6.45) is 1.57. The first-order valence-corrected chi connectivity index (χ1v) is 5.76. The van der Waals surface area contributed by atoms with Crippen LogP contribution in [0.25, 0.3) is 0 Å². The molecule has 0 aromatic rings. The van der Waals surface area contributed by atoms with Crippen LogP contribution in [0, 0.1) is 5.92 Å². The van der Waals surface area contributed by atoms with Gasteiger partial charge in [-0.2, -0.15) is 0 Å². The molecule has 3 N–H and O–H groups in total. The van der Waals surface area contributed by atoms with Gasteiger partial charge in [-0.25, -0.2) is 0 Å². The van der Waals surface area contributed by atoms with Gasteiger partial charge < -0.3 is 20.3 Å². The number of nitrogens with two attached hydrogens (primary N) is 1. The lowest BCUT2D eigenvalue weighted by Crippen LogP contribution is -2.41. The van der Waals surface area contributed by atoms with Gasteiger partial charge in [0.05, 0.1) is 24.9 Å². The first kappa shape index (κ1) is 12.9. The third-order valence-corrected chi connectivity index (χ3v) is 3.02. The minimum Gasteiger partial charge on any atom is -0.391 e. The summed E-state index contributed by atoms with van der Waals surface area (Å²) in [4.78, 5) is 0. The Balaban J connectivity index is 2.39. The van der Waals surface area contributed by atoms with Crippen molar-refractivity contribution in [2.24, 2.45) is 11.7 Å². The Kier molecular flexibility index (Phi) is 5.53. The van der Waals surface area contributed by atoms with Crippen molar-refractivity contribution in [2.75, 3.05) is 19.8 Å². The third-order valence-electron chi connectivity index (χ3n) is 3.02. The van der Waals surface area contributed by atoms with E-state index in [1.54, 1.807) is 6.92 Å². The van der Waals surface area contributed by atoms with Gasteiger partial charge in [0.25, 0.3) is 0 Å². The van der Waals surface area contributed by atoms with Gasteiger partial charge in [0.1, 0.15) is 0 Å². The van der Waals surface area contributed by atoms with Crippen molar-refractivity contribution in [3.8, 4) is 0 Å². The molecular weight excluding hydrogens is 194 g/mol. The molecule has 90 valence electrons. The maximum absolute atomic E-state index is 9.37. The van der Waals surface area contributed by atoms with Crippen LogP contribution < -0.4 is 5.73 Å². The predicted molar refractivity (Wildman–Crippen MR) is 58.6 cm³/mol. The largest absolute Gasteiger partial charge is 0.391 e. The highest BCUT2D eigenvalue weighted by Gasteiger charge is 2.26. The summed E-state index contributed by atoms with van der Waals surface area (Å²) in [5.41, 5.74) is 5.69. The lowest BCUT2D eigenvalue weighted by atomic mass is 9.95. The van der Waals surface area contributed by atoms with E-state index in [1.165, 1.54) is 0 Å². The van der Waals surface area contributed by atoms with Crippen molar-refractivity contribution >= 4 is 0 Å². The Morgan fingerprint density at radius 2 is 2.27 bits per heavy atom. The van der Waals surface area contributed by atoms with E-state index < -0.39 is 6.10 Å². The highest BCUT2D eigenvalue weighted by Crippen LogP contribution is 2.20. The molecule has 0 aliphatic carbocycles. The molecule has 0 aromatic heterocycles. The average Bonchev–Trinajstić information content (AvgIpc) is 2.26. The molecule has 1 fully saturated rings. The fraction of sp³-hybridized carbons (Fsp3) is 1.00. The van der Waals surface area contributed by atoms with Gasteiger partial charge in [-0.05, 0) is 26.7 Å². The van der Waals surface area contributed by atoms with Crippen LogP contribution in [0.4, 0.5) is 0 Å². The maximum Gasteiger partial charge on any atom is 0.0807 e. The maximum atomic E-state index is 9.37. The second kappa shape index (κ2) is 6.43. The average molecular weight is 217 g/mol. The molecule has 0 bridgehead atoms. The van der Waals surface area contributed by atoms with Gasteiger partial charge in [0.15, 0.2) is 0 Å². The van der Waals surface area contributed by atoms with Crippen LogP contribution in [0.2, 0.25) is 0 Å². The quantitative estimate of drug-likeness (QED) is 0.705. The van der Waals surface area contributed by atoms with Crippen LogP contribution in [-0.2, 0) is 9.47 Å². The van der Waals surface area contributed by atoms with E-state index in [0.717, 1.165) is 26.1 Å². The molecule has 0 aromatic carbocycles. The van der Waals surface area contributed by atoms with Gasteiger partial charge in [-0.15, -0.1) is 0 Å². The third kappa shape index (κ3) is 4.07. The Labute approximate surface area is 91.7 Å². The highest BCUT2D eigenvalue weighted by atomic mass is 16.5. The smallest absolute Gasteiger partial charge is 0.0807 e. The Morgan fingerprint density at radius 1 is 1.53 bits per heavy atom. The molecule has 4 nitrogen and oxygen atoms in total. The number of rotatable bonds is 5. The first-order chi connectivity index (χ1) is 7.15. The van der Waals surface area contributed by atoms with Crippen molar-refractivity contribution in [1.29, 1.82) is 0 Å². The van der Waals surface area contributed by atoms with E-state index >= 15 is 0 Å². The summed E-state index contributed by atoms with van der Waals surface area (Å²) in [7, 11) is 0. The topological polar surface area (TPSA) is 64.7 Å². The lowest BCUT2D eigenvalue weighted by molar-refractivity contribution is -0.101. The van der Waals surface area contributed by atoms with Gasteiger partial charge in [-0.1, -0.05) is 0 Å². The van der Waals surface area contributed by atoms with E-state index in [1.807, 2.05) is 6.92 Å². The van der Waals surface area contributed by atoms with Crippen LogP contribution in [0.1, 0.15) is 26.7 Å². The minimum absolute atomic E-state index is 0.00917. The number of ether oxygens (including phenoxy) is 2. The second-order valence-corrected chi connectivity index (χ2v) is 4.33. The van der Waals surface area contributed by atoms with Gasteiger partial charge in [-0.3, -0.25) is 0 Å². The summed E-state index contributed by atoms with van der Waals surface area (Å²) in [5, 5.41) is 9.37. The molecule has 1 heterocycles. The molecule has 4 unspecified atom stereocenters. The predicted octanol–water partition coefficient (Wildman–Crippen LogP) is 0.526. The molecule has 4 heteroatoms. The summed E-state index contributed by atoms with van der Waals surface area (Å²) >= 11 is 0. The Bertz CT molecular complexity index is 169. The van der Waals surface area contributed by atoms with Crippen LogP contribution in [-0.4, -0.2) is 43.2 Å².